The van der Waals surface area contributed by atoms with Crippen LogP contribution in [0.15, 0.2) is 44.7 Å². The summed E-state index contributed by atoms with van der Waals surface area (Å²) in [7, 11) is 3.01. The molecule has 6 heteroatoms. The number of azo groups is 2. The van der Waals surface area contributed by atoms with E-state index in [1.165, 1.54) is 14.1 Å². The van der Waals surface area contributed by atoms with Gasteiger partial charge in [-0.05, 0) is 17.5 Å². The van der Waals surface area contributed by atoms with Crippen molar-refractivity contribution in [2.24, 2.45) is 20.5 Å². The molecule has 0 saturated heterocycles. The van der Waals surface area contributed by atoms with Gasteiger partial charge < -0.3 is 10.2 Å². The fourth-order valence-corrected chi connectivity index (χ4v) is 1.74. The van der Waals surface area contributed by atoms with E-state index in [0.29, 0.717) is 22.1 Å². The van der Waals surface area contributed by atoms with E-state index in [-0.39, 0.29) is 11.5 Å². The first-order valence-electron chi connectivity index (χ1n) is 5.26. The lowest BCUT2D eigenvalue weighted by atomic mass is 10.1. The summed E-state index contributed by atoms with van der Waals surface area (Å²) in [5.41, 5.74) is 0.594. The molecular formula is C12H12N4O2. The quantitative estimate of drug-likeness (QED) is 0.789. The molecule has 18 heavy (non-hydrogen) atoms. The average Bonchev–Trinajstić information content (AvgIpc) is 2.36. The minimum atomic E-state index is -0.122. The molecule has 0 aromatic heterocycles. The van der Waals surface area contributed by atoms with Crippen molar-refractivity contribution >= 4 is 22.1 Å². The third-order valence-corrected chi connectivity index (χ3v) is 2.50. The average molecular weight is 244 g/mol. The van der Waals surface area contributed by atoms with Gasteiger partial charge >= 0.3 is 0 Å². The lowest BCUT2D eigenvalue weighted by Gasteiger charge is -2.07. The van der Waals surface area contributed by atoms with Crippen molar-refractivity contribution in [2.75, 3.05) is 14.1 Å². The smallest absolute Gasteiger partial charge is 0.154 e. The number of hydrogen-bond donors (Lipinski definition) is 2. The highest BCUT2D eigenvalue weighted by Gasteiger charge is 2.13. The van der Waals surface area contributed by atoms with Gasteiger partial charge in [-0.3, -0.25) is 0 Å². The van der Waals surface area contributed by atoms with E-state index in [1.54, 1.807) is 24.3 Å². The van der Waals surface area contributed by atoms with Gasteiger partial charge in [0.2, 0.25) is 0 Å². The summed E-state index contributed by atoms with van der Waals surface area (Å²) in [4.78, 5) is 0. The molecule has 92 valence electrons. The molecule has 0 saturated carbocycles. The van der Waals surface area contributed by atoms with Gasteiger partial charge in [-0.15, -0.1) is 0 Å². The number of aromatic hydroxyl groups is 2. The summed E-state index contributed by atoms with van der Waals surface area (Å²) in [5.74, 6) is -0.243. The maximum Gasteiger partial charge on any atom is 0.154 e. The van der Waals surface area contributed by atoms with Crippen LogP contribution in [0.5, 0.6) is 11.5 Å². The summed E-state index contributed by atoms with van der Waals surface area (Å²) in [6.45, 7) is 0. The van der Waals surface area contributed by atoms with Crippen molar-refractivity contribution in [1.29, 1.82) is 0 Å². The zero-order chi connectivity index (χ0) is 13.1. The van der Waals surface area contributed by atoms with E-state index in [9.17, 15) is 10.2 Å². The molecular weight excluding hydrogens is 232 g/mol. The van der Waals surface area contributed by atoms with Crippen LogP contribution in [0.3, 0.4) is 0 Å². The minimum absolute atomic E-state index is 0.122. The molecule has 0 radical (unpaired) electrons. The largest absolute Gasteiger partial charge is 0.505 e. The van der Waals surface area contributed by atoms with Gasteiger partial charge in [-0.25, -0.2) is 0 Å². The van der Waals surface area contributed by atoms with Crippen molar-refractivity contribution in [1.82, 2.24) is 0 Å². The van der Waals surface area contributed by atoms with Gasteiger partial charge in [0, 0.05) is 14.1 Å². The third-order valence-electron chi connectivity index (χ3n) is 2.50. The molecule has 0 unspecified atom stereocenters. The predicted octanol–water partition coefficient (Wildman–Crippen LogP) is 3.68. The summed E-state index contributed by atoms with van der Waals surface area (Å²) in [5, 5.41) is 35.9. The molecule has 0 fully saturated rings. The van der Waals surface area contributed by atoms with E-state index in [4.69, 9.17) is 0 Å². The highest BCUT2D eigenvalue weighted by molar-refractivity contribution is 5.99. The molecule has 6 nitrogen and oxygen atoms in total. The Morgan fingerprint density at radius 1 is 0.778 bits per heavy atom. The van der Waals surface area contributed by atoms with Crippen LogP contribution in [0.4, 0.5) is 11.4 Å². The van der Waals surface area contributed by atoms with Crippen LogP contribution < -0.4 is 0 Å². The molecule has 2 rings (SSSR count). The first-order chi connectivity index (χ1) is 8.69. The van der Waals surface area contributed by atoms with Gasteiger partial charge in [0.15, 0.2) is 11.5 Å². The fourth-order valence-electron chi connectivity index (χ4n) is 1.74. The van der Waals surface area contributed by atoms with Crippen LogP contribution in [0.2, 0.25) is 0 Å². The number of phenolic OH excluding ortho intramolecular Hbond substituents is 2. The Labute approximate surface area is 103 Å². The Morgan fingerprint density at radius 3 is 1.61 bits per heavy atom. The number of benzene rings is 2. The lowest BCUT2D eigenvalue weighted by Crippen LogP contribution is -1.78. The molecule has 2 N–H and O–H groups in total. The Bertz CT molecular complexity index is 597. The minimum Gasteiger partial charge on any atom is -0.505 e. The highest BCUT2D eigenvalue weighted by atomic mass is 16.3. The zero-order valence-corrected chi connectivity index (χ0v) is 9.99. The molecule has 0 spiro atoms. The van der Waals surface area contributed by atoms with Crippen LogP contribution in [0.1, 0.15) is 0 Å². The van der Waals surface area contributed by atoms with E-state index < -0.39 is 0 Å². The maximum absolute atomic E-state index is 10.1. The maximum atomic E-state index is 10.1. The van der Waals surface area contributed by atoms with Crippen molar-refractivity contribution in [3.63, 3.8) is 0 Å². The zero-order valence-electron chi connectivity index (χ0n) is 9.99. The molecule has 0 aliphatic heterocycles. The molecule has 0 aliphatic carbocycles. The number of hydrogen-bond acceptors (Lipinski definition) is 6. The second kappa shape index (κ2) is 4.79. The Hall–Kier alpha value is -2.50. The molecule has 0 heterocycles. The Morgan fingerprint density at radius 2 is 1.22 bits per heavy atom. The van der Waals surface area contributed by atoms with Gasteiger partial charge in [0.1, 0.15) is 11.4 Å². The van der Waals surface area contributed by atoms with Gasteiger partial charge in [-0.2, -0.15) is 20.5 Å². The van der Waals surface area contributed by atoms with E-state index in [2.05, 4.69) is 20.5 Å². The van der Waals surface area contributed by atoms with Crippen LogP contribution in [0, 0.1) is 0 Å². The molecule has 0 aliphatic rings. The standard InChI is InChI=1S/C12H12N4O2/c1-13-15-8-5-3-7-4-6-9(16-14-2)12(18)10(7)11(8)17/h3-6,17-18H,1-2H3. The second-order valence-corrected chi connectivity index (χ2v) is 3.56. The SMILES string of the molecule is CN=Nc1ccc2ccc(N=NC)c(O)c2c1O. The van der Waals surface area contributed by atoms with Crippen molar-refractivity contribution in [2.45, 2.75) is 0 Å². The summed E-state index contributed by atoms with van der Waals surface area (Å²) in [6, 6.07) is 6.74. The van der Waals surface area contributed by atoms with Crippen molar-refractivity contribution in [3.05, 3.63) is 24.3 Å². The molecule has 2 aromatic rings. The fraction of sp³-hybridized carbons (Fsp3) is 0.167. The first-order valence-corrected chi connectivity index (χ1v) is 5.26. The van der Waals surface area contributed by atoms with Gasteiger partial charge in [0.05, 0.1) is 5.39 Å². The Balaban J connectivity index is 2.81. The van der Waals surface area contributed by atoms with Crippen molar-refractivity contribution < 1.29 is 10.2 Å². The van der Waals surface area contributed by atoms with Crippen LogP contribution in [-0.2, 0) is 0 Å². The molecule has 0 bridgehead atoms. The van der Waals surface area contributed by atoms with Crippen LogP contribution >= 0.6 is 0 Å². The highest BCUT2D eigenvalue weighted by Crippen LogP contribution is 2.43. The summed E-state index contributed by atoms with van der Waals surface area (Å²) < 4.78 is 0. The number of nitrogens with zero attached hydrogens (tertiary/aromatic N) is 4. The van der Waals surface area contributed by atoms with Crippen molar-refractivity contribution in [3.8, 4) is 11.5 Å². The lowest BCUT2D eigenvalue weighted by molar-refractivity contribution is 0.465. The normalized spacial score (nSPS) is 11.9. The molecule has 2 aromatic carbocycles. The van der Waals surface area contributed by atoms with Crippen LogP contribution in [-0.4, -0.2) is 24.3 Å². The monoisotopic (exact) mass is 244 g/mol. The number of fused-ring (bicyclic) bond motifs is 1. The molecule has 0 atom stereocenters. The number of rotatable bonds is 2. The predicted molar refractivity (Wildman–Crippen MR) is 68.2 cm³/mol. The van der Waals surface area contributed by atoms with Gasteiger partial charge in [-0.1, -0.05) is 12.1 Å². The number of phenols is 2. The van der Waals surface area contributed by atoms with E-state index >= 15 is 0 Å². The summed E-state index contributed by atoms with van der Waals surface area (Å²) in [6.07, 6.45) is 0. The first kappa shape index (κ1) is 12.0. The van der Waals surface area contributed by atoms with E-state index in [1.807, 2.05) is 0 Å². The van der Waals surface area contributed by atoms with Crippen LogP contribution in [0.25, 0.3) is 10.8 Å². The third kappa shape index (κ3) is 1.88. The molecule has 0 amide bonds. The Kier molecular flexibility index (Phi) is 3.18. The second-order valence-electron chi connectivity index (χ2n) is 3.56. The van der Waals surface area contributed by atoms with Gasteiger partial charge in [0.25, 0.3) is 0 Å². The van der Waals surface area contributed by atoms with E-state index in [0.717, 1.165) is 0 Å². The summed E-state index contributed by atoms with van der Waals surface area (Å²) >= 11 is 0. The topological polar surface area (TPSA) is 89.9 Å².